The highest BCUT2D eigenvalue weighted by Gasteiger charge is 2.24. The van der Waals surface area contributed by atoms with Crippen LogP contribution in [0.2, 0.25) is 0 Å². The molecule has 0 unspecified atom stereocenters. The molecule has 63 heavy (non-hydrogen) atoms. The highest BCUT2D eigenvalue weighted by atomic mass is 16.3. The molecule has 0 spiro atoms. The Labute approximate surface area is 368 Å². The molecule has 0 aliphatic carbocycles. The van der Waals surface area contributed by atoms with E-state index >= 15 is 0 Å². The average Bonchev–Trinajstić information content (AvgIpc) is 3.81. The van der Waals surface area contributed by atoms with Gasteiger partial charge in [0, 0.05) is 61.2 Å². The summed E-state index contributed by atoms with van der Waals surface area (Å²) < 4.78 is 13.8. The number of hydrogen-bond acceptors (Lipinski definition) is 4. The summed E-state index contributed by atoms with van der Waals surface area (Å²) in [4.78, 5) is 4.74. The molecule has 0 aliphatic heterocycles. The Balaban J connectivity index is 1.05. The summed E-state index contributed by atoms with van der Waals surface area (Å²) in [6.07, 6.45) is 0. The number of fused-ring (bicyclic) bond motifs is 8. The van der Waals surface area contributed by atoms with Crippen molar-refractivity contribution in [2.24, 2.45) is 0 Å². The van der Waals surface area contributed by atoms with Gasteiger partial charge in [0.1, 0.15) is 22.3 Å². The van der Waals surface area contributed by atoms with E-state index in [0.717, 1.165) is 82.8 Å². The molecule has 9 aromatic carbocycles. The molecule has 308 valence electrons. The maximum absolute atomic E-state index is 6.98. The summed E-state index contributed by atoms with van der Waals surface area (Å²) in [5, 5.41) is 9.01. The van der Waals surface area contributed by atoms with Gasteiger partial charge < -0.3 is 18.6 Å². The van der Waals surface area contributed by atoms with Gasteiger partial charge in [-0.15, -0.1) is 0 Å². The minimum absolute atomic E-state index is 0.193. The third-order valence-corrected chi connectivity index (χ3v) is 13.0. The lowest BCUT2D eigenvalue weighted by atomic mass is 9.93. The van der Waals surface area contributed by atoms with E-state index in [1.807, 2.05) is 0 Å². The number of anilines is 6. The second-order valence-corrected chi connectivity index (χ2v) is 18.1. The molecular formula is C59H50N2O2. The van der Waals surface area contributed by atoms with E-state index in [0.29, 0.717) is 0 Å². The Morgan fingerprint density at radius 1 is 0.365 bits per heavy atom. The molecule has 0 aliphatic rings. The molecule has 0 atom stereocenters. The lowest BCUT2D eigenvalue weighted by Crippen LogP contribution is -2.11. The minimum atomic E-state index is 0.193. The van der Waals surface area contributed by atoms with Crippen LogP contribution in [0.3, 0.4) is 0 Å². The molecule has 0 N–H and O–H groups in total. The SMILES string of the molecule is Cc1ccc(N(c2ccc3cc4c(cc3c2)oc2c(C(C)C)c3c(cc24)oc2cc4cc(N(c5ccc(C)cc5)c5cc(C)ccc5C)ccc4cc23)c2cc(C)ccc2C)cc1. The number of nitrogens with zero attached hydrogens (tertiary/aromatic N) is 2. The van der Waals surface area contributed by atoms with E-state index in [9.17, 15) is 0 Å². The van der Waals surface area contributed by atoms with Crippen molar-refractivity contribution >= 4 is 99.5 Å². The lowest BCUT2D eigenvalue weighted by Gasteiger charge is -2.28. The number of benzene rings is 9. The average molecular weight is 819 g/mol. The van der Waals surface area contributed by atoms with E-state index in [2.05, 4.69) is 217 Å². The maximum atomic E-state index is 6.98. The molecule has 0 radical (unpaired) electrons. The van der Waals surface area contributed by atoms with Gasteiger partial charge in [0.05, 0.1) is 0 Å². The fourth-order valence-electron chi connectivity index (χ4n) is 9.65. The smallest absolute Gasteiger partial charge is 0.139 e. The molecule has 0 fully saturated rings. The quantitative estimate of drug-likeness (QED) is 0.160. The van der Waals surface area contributed by atoms with Crippen molar-refractivity contribution in [3.05, 3.63) is 191 Å². The van der Waals surface area contributed by atoms with Crippen LogP contribution in [0, 0.1) is 41.5 Å². The Hall–Kier alpha value is -7.30. The highest BCUT2D eigenvalue weighted by Crippen LogP contribution is 2.46. The molecule has 0 bridgehead atoms. The van der Waals surface area contributed by atoms with Crippen LogP contribution >= 0.6 is 0 Å². The van der Waals surface area contributed by atoms with Crippen molar-refractivity contribution in [3.63, 3.8) is 0 Å². The van der Waals surface area contributed by atoms with E-state index in [-0.39, 0.29) is 5.92 Å². The Bertz CT molecular complexity index is 3490. The molecule has 2 heterocycles. The zero-order chi connectivity index (χ0) is 43.3. The van der Waals surface area contributed by atoms with Gasteiger partial charge in [-0.25, -0.2) is 0 Å². The fourth-order valence-corrected chi connectivity index (χ4v) is 9.65. The van der Waals surface area contributed by atoms with Crippen LogP contribution in [0.1, 0.15) is 58.7 Å². The second kappa shape index (κ2) is 14.7. The predicted octanol–water partition coefficient (Wildman–Crippen LogP) is 17.7. The van der Waals surface area contributed by atoms with Gasteiger partial charge in [-0.05, 0) is 182 Å². The number of rotatable bonds is 7. The summed E-state index contributed by atoms with van der Waals surface area (Å²) in [7, 11) is 0. The van der Waals surface area contributed by atoms with Gasteiger partial charge in [0.15, 0.2) is 0 Å². The first kappa shape index (κ1) is 38.6. The van der Waals surface area contributed by atoms with E-state index in [4.69, 9.17) is 8.83 Å². The topological polar surface area (TPSA) is 32.8 Å². The summed E-state index contributed by atoms with van der Waals surface area (Å²) in [5.41, 5.74) is 19.0. The molecular weight excluding hydrogens is 769 g/mol. The van der Waals surface area contributed by atoms with Crippen LogP contribution in [0.25, 0.3) is 65.4 Å². The standard InChI is InChI=1S/C59H50N2O2/c1-34(2)57-58-51-30-42-18-24-48(61(46-21-13-36(4)14-22-46)53-26-38(6)10-16-40(53)8)28-44(42)32-55(51)62-56(58)33-50-49-29-41-17-23-47(27-43(41)31-54(49)63-59(50)57)60(45-19-11-35(3)12-20-45)52-25-37(5)9-15-39(52)7/h9-34H,1-8H3. The monoisotopic (exact) mass is 818 g/mol. The molecule has 0 saturated carbocycles. The van der Waals surface area contributed by atoms with Crippen LogP contribution in [-0.2, 0) is 0 Å². The molecule has 4 nitrogen and oxygen atoms in total. The summed E-state index contributed by atoms with van der Waals surface area (Å²) in [5.74, 6) is 0.193. The number of aryl methyl sites for hydroxylation is 6. The second-order valence-electron chi connectivity index (χ2n) is 18.1. The van der Waals surface area contributed by atoms with Crippen molar-refractivity contribution < 1.29 is 8.83 Å². The normalized spacial score (nSPS) is 12.0. The van der Waals surface area contributed by atoms with Gasteiger partial charge in [-0.2, -0.15) is 0 Å². The zero-order valence-corrected chi connectivity index (χ0v) is 37.2. The first-order valence-corrected chi connectivity index (χ1v) is 22.1. The van der Waals surface area contributed by atoms with E-state index in [1.165, 1.54) is 55.7 Å². The van der Waals surface area contributed by atoms with Crippen LogP contribution in [0.4, 0.5) is 34.1 Å². The van der Waals surface area contributed by atoms with Crippen LogP contribution in [0.15, 0.2) is 160 Å². The third kappa shape index (κ3) is 6.52. The van der Waals surface area contributed by atoms with Crippen LogP contribution in [0.5, 0.6) is 0 Å². The zero-order valence-electron chi connectivity index (χ0n) is 37.2. The first-order chi connectivity index (χ1) is 30.5. The van der Waals surface area contributed by atoms with Crippen LogP contribution in [-0.4, -0.2) is 0 Å². The summed E-state index contributed by atoms with van der Waals surface area (Å²) in [6.45, 7) is 17.5. The summed E-state index contributed by atoms with van der Waals surface area (Å²) in [6, 6.07) is 55.8. The molecule has 0 saturated heterocycles. The Morgan fingerprint density at radius 2 is 0.825 bits per heavy atom. The largest absolute Gasteiger partial charge is 0.456 e. The van der Waals surface area contributed by atoms with Crippen LogP contribution < -0.4 is 9.80 Å². The minimum Gasteiger partial charge on any atom is -0.456 e. The molecule has 0 amide bonds. The van der Waals surface area contributed by atoms with Gasteiger partial charge in [-0.1, -0.05) is 85.6 Å². The molecule has 2 aromatic heterocycles. The van der Waals surface area contributed by atoms with E-state index < -0.39 is 0 Å². The molecule has 4 heteroatoms. The Morgan fingerprint density at radius 3 is 1.33 bits per heavy atom. The van der Waals surface area contributed by atoms with Gasteiger partial charge in [-0.3, -0.25) is 0 Å². The van der Waals surface area contributed by atoms with Crippen molar-refractivity contribution in [2.75, 3.05) is 9.80 Å². The third-order valence-electron chi connectivity index (χ3n) is 13.0. The predicted molar refractivity (Wildman–Crippen MR) is 268 cm³/mol. The fraction of sp³-hybridized carbons (Fsp3) is 0.153. The number of hydrogen-bond donors (Lipinski definition) is 0. The number of furan rings is 2. The first-order valence-electron chi connectivity index (χ1n) is 22.1. The summed E-state index contributed by atoms with van der Waals surface area (Å²) >= 11 is 0. The van der Waals surface area contributed by atoms with Crippen molar-refractivity contribution in [1.29, 1.82) is 0 Å². The Kier molecular flexibility index (Phi) is 8.99. The van der Waals surface area contributed by atoms with Gasteiger partial charge >= 0.3 is 0 Å². The molecule has 11 aromatic rings. The highest BCUT2D eigenvalue weighted by molar-refractivity contribution is 6.20. The van der Waals surface area contributed by atoms with Crippen molar-refractivity contribution in [3.8, 4) is 0 Å². The van der Waals surface area contributed by atoms with Gasteiger partial charge in [0.2, 0.25) is 0 Å². The molecule has 11 rings (SSSR count). The lowest BCUT2D eigenvalue weighted by molar-refractivity contribution is 0.655. The van der Waals surface area contributed by atoms with Gasteiger partial charge in [0.25, 0.3) is 0 Å². The van der Waals surface area contributed by atoms with E-state index in [1.54, 1.807) is 0 Å². The van der Waals surface area contributed by atoms with Crippen molar-refractivity contribution in [2.45, 2.75) is 61.3 Å². The van der Waals surface area contributed by atoms with Crippen molar-refractivity contribution in [1.82, 2.24) is 0 Å². The maximum Gasteiger partial charge on any atom is 0.139 e.